The van der Waals surface area contributed by atoms with E-state index in [1.54, 1.807) is 24.3 Å². The average Bonchev–Trinajstić information content (AvgIpc) is 2.97. The van der Waals surface area contributed by atoms with Crippen LogP contribution in [0.15, 0.2) is 97.1 Å². The van der Waals surface area contributed by atoms with Gasteiger partial charge in [0.05, 0.1) is 23.9 Å². The molecule has 5 rings (SSSR count). The van der Waals surface area contributed by atoms with Gasteiger partial charge in [-0.2, -0.15) is 0 Å². The van der Waals surface area contributed by atoms with E-state index in [-0.39, 0.29) is 24.6 Å². The van der Waals surface area contributed by atoms with Gasteiger partial charge in [0.2, 0.25) is 0 Å². The SMILES string of the molecule is NC(=O)c1ccc(C2CCN(C(=O)OCc3ccccc3)CC2O)nc1-c1ccc(Oc2ccccc2)cc1. The van der Waals surface area contributed by atoms with Gasteiger partial charge in [0.1, 0.15) is 18.1 Å². The third-order valence-corrected chi connectivity index (χ3v) is 6.71. The number of rotatable bonds is 7. The number of carbonyl (C=O) groups excluding carboxylic acids is 2. The summed E-state index contributed by atoms with van der Waals surface area (Å²) in [5, 5.41) is 10.9. The third-order valence-electron chi connectivity index (χ3n) is 6.71. The van der Waals surface area contributed by atoms with Gasteiger partial charge in [-0.15, -0.1) is 0 Å². The highest BCUT2D eigenvalue weighted by Gasteiger charge is 2.33. The van der Waals surface area contributed by atoms with Gasteiger partial charge in [-0.05, 0) is 60.5 Å². The molecule has 0 saturated carbocycles. The van der Waals surface area contributed by atoms with E-state index in [2.05, 4.69) is 0 Å². The fraction of sp³-hybridized carbons (Fsp3) is 0.194. The fourth-order valence-electron chi connectivity index (χ4n) is 4.66. The fourth-order valence-corrected chi connectivity index (χ4v) is 4.66. The van der Waals surface area contributed by atoms with E-state index in [1.807, 2.05) is 72.8 Å². The first-order valence-electron chi connectivity index (χ1n) is 12.8. The van der Waals surface area contributed by atoms with Gasteiger partial charge < -0.3 is 25.2 Å². The summed E-state index contributed by atoms with van der Waals surface area (Å²) in [5.41, 5.74) is 8.59. The normalized spacial score (nSPS) is 16.9. The highest BCUT2D eigenvalue weighted by molar-refractivity contribution is 5.98. The molecule has 0 bridgehead atoms. The van der Waals surface area contributed by atoms with Crippen LogP contribution in [0.4, 0.5) is 4.79 Å². The van der Waals surface area contributed by atoms with Gasteiger partial charge in [0, 0.05) is 23.7 Å². The van der Waals surface area contributed by atoms with E-state index < -0.39 is 18.1 Å². The molecule has 1 saturated heterocycles. The van der Waals surface area contributed by atoms with Crippen LogP contribution >= 0.6 is 0 Å². The second-order valence-corrected chi connectivity index (χ2v) is 9.38. The topological polar surface area (TPSA) is 115 Å². The van der Waals surface area contributed by atoms with Crippen molar-refractivity contribution in [3.63, 3.8) is 0 Å². The number of nitrogens with zero attached hydrogens (tertiary/aromatic N) is 2. The van der Waals surface area contributed by atoms with E-state index in [0.29, 0.717) is 41.4 Å². The number of likely N-dealkylation sites (tertiary alicyclic amines) is 1. The number of benzene rings is 3. The number of ether oxygens (including phenoxy) is 2. The van der Waals surface area contributed by atoms with Crippen LogP contribution in [0, 0.1) is 0 Å². The number of aliphatic hydroxyl groups is 1. The number of para-hydroxylation sites is 1. The van der Waals surface area contributed by atoms with Crippen LogP contribution in [-0.2, 0) is 11.3 Å². The highest BCUT2D eigenvalue weighted by atomic mass is 16.6. The van der Waals surface area contributed by atoms with Crippen molar-refractivity contribution in [3.8, 4) is 22.8 Å². The maximum Gasteiger partial charge on any atom is 0.410 e. The lowest BCUT2D eigenvalue weighted by atomic mass is 9.89. The number of primary amides is 1. The summed E-state index contributed by atoms with van der Waals surface area (Å²) in [6.07, 6.45) is -0.815. The van der Waals surface area contributed by atoms with Crippen molar-refractivity contribution in [3.05, 3.63) is 114 Å². The molecule has 3 aromatic carbocycles. The van der Waals surface area contributed by atoms with Crippen molar-refractivity contribution in [1.29, 1.82) is 0 Å². The Hall–Kier alpha value is -4.69. The van der Waals surface area contributed by atoms with E-state index in [4.69, 9.17) is 20.2 Å². The Balaban J connectivity index is 1.29. The zero-order chi connectivity index (χ0) is 27.2. The van der Waals surface area contributed by atoms with Crippen LogP contribution in [0.5, 0.6) is 11.5 Å². The molecular formula is C31H29N3O5. The van der Waals surface area contributed by atoms with Crippen LogP contribution in [0.1, 0.15) is 34.0 Å². The molecular weight excluding hydrogens is 494 g/mol. The molecule has 1 aliphatic rings. The molecule has 0 spiro atoms. The number of hydrogen-bond donors (Lipinski definition) is 2. The summed E-state index contributed by atoms with van der Waals surface area (Å²) in [5.74, 6) is 0.450. The minimum Gasteiger partial charge on any atom is -0.457 e. The first kappa shape index (κ1) is 25.9. The Kier molecular flexibility index (Phi) is 7.84. The Morgan fingerprint density at radius 3 is 2.23 bits per heavy atom. The molecule has 2 atom stereocenters. The number of amides is 2. The average molecular weight is 524 g/mol. The van der Waals surface area contributed by atoms with Crippen molar-refractivity contribution in [2.24, 2.45) is 5.73 Å². The van der Waals surface area contributed by atoms with E-state index in [9.17, 15) is 14.7 Å². The molecule has 4 aromatic rings. The first-order chi connectivity index (χ1) is 19.0. The highest BCUT2D eigenvalue weighted by Crippen LogP contribution is 2.32. The lowest BCUT2D eigenvalue weighted by Gasteiger charge is -2.35. The number of hydrogen-bond acceptors (Lipinski definition) is 6. The number of β-amino-alcohol motifs (C(OH)–C–C–N with tert-alkyl or cyclic N) is 1. The monoisotopic (exact) mass is 523 g/mol. The number of piperidine rings is 1. The molecule has 2 amide bonds. The van der Waals surface area contributed by atoms with Crippen molar-refractivity contribution in [2.45, 2.75) is 25.0 Å². The zero-order valence-electron chi connectivity index (χ0n) is 21.3. The summed E-state index contributed by atoms with van der Waals surface area (Å²) in [4.78, 5) is 31.0. The third kappa shape index (κ3) is 6.25. The molecule has 1 aromatic heterocycles. The van der Waals surface area contributed by atoms with Crippen LogP contribution < -0.4 is 10.5 Å². The molecule has 1 fully saturated rings. The predicted octanol–water partition coefficient (Wildman–Crippen LogP) is 5.13. The van der Waals surface area contributed by atoms with Gasteiger partial charge >= 0.3 is 6.09 Å². The summed E-state index contributed by atoms with van der Waals surface area (Å²) >= 11 is 0. The largest absolute Gasteiger partial charge is 0.457 e. The van der Waals surface area contributed by atoms with E-state index in [1.165, 1.54) is 4.90 Å². The lowest BCUT2D eigenvalue weighted by Crippen LogP contribution is -2.46. The van der Waals surface area contributed by atoms with Gasteiger partial charge in [-0.1, -0.05) is 48.5 Å². The predicted molar refractivity (Wildman–Crippen MR) is 146 cm³/mol. The van der Waals surface area contributed by atoms with E-state index >= 15 is 0 Å². The molecule has 8 heteroatoms. The molecule has 2 heterocycles. The Morgan fingerprint density at radius 1 is 0.897 bits per heavy atom. The summed E-state index contributed by atoms with van der Waals surface area (Å²) in [6, 6.07) is 29.5. The summed E-state index contributed by atoms with van der Waals surface area (Å²) in [7, 11) is 0. The van der Waals surface area contributed by atoms with Gasteiger partial charge in [-0.25, -0.2) is 4.79 Å². The quantitative estimate of drug-likeness (QED) is 0.347. The lowest BCUT2D eigenvalue weighted by molar-refractivity contribution is 0.0336. The zero-order valence-corrected chi connectivity index (χ0v) is 21.3. The minimum atomic E-state index is -0.843. The Bertz CT molecular complexity index is 1430. The van der Waals surface area contributed by atoms with Gasteiger partial charge in [0.25, 0.3) is 5.91 Å². The van der Waals surface area contributed by atoms with Crippen LogP contribution in [0.3, 0.4) is 0 Å². The van der Waals surface area contributed by atoms with Gasteiger partial charge in [0.15, 0.2) is 0 Å². The van der Waals surface area contributed by atoms with Crippen molar-refractivity contribution in [2.75, 3.05) is 13.1 Å². The number of nitrogens with two attached hydrogens (primary N) is 1. The number of aromatic nitrogens is 1. The van der Waals surface area contributed by atoms with Gasteiger partial charge in [-0.3, -0.25) is 9.78 Å². The number of carbonyl (C=O) groups is 2. The molecule has 0 aliphatic carbocycles. The minimum absolute atomic E-state index is 0.123. The van der Waals surface area contributed by atoms with Crippen LogP contribution in [0.2, 0.25) is 0 Å². The van der Waals surface area contributed by atoms with Crippen molar-refractivity contribution >= 4 is 12.0 Å². The van der Waals surface area contributed by atoms with Crippen LogP contribution in [-0.4, -0.2) is 46.2 Å². The van der Waals surface area contributed by atoms with E-state index in [0.717, 1.165) is 5.56 Å². The summed E-state index contributed by atoms with van der Waals surface area (Å²) in [6.45, 7) is 0.707. The first-order valence-corrected chi connectivity index (χ1v) is 12.8. The molecule has 39 heavy (non-hydrogen) atoms. The maximum absolute atomic E-state index is 12.6. The second-order valence-electron chi connectivity index (χ2n) is 9.38. The summed E-state index contributed by atoms with van der Waals surface area (Å²) < 4.78 is 11.3. The maximum atomic E-state index is 12.6. The Labute approximate surface area is 226 Å². The molecule has 3 N–H and O–H groups in total. The van der Waals surface area contributed by atoms with Crippen molar-refractivity contribution in [1.82, 2.24) is 9.88 Å². The molecule has 0 radical (unpaired) electrons. The molecule has 1 aliphatic heterocycles. The van der Waals surface area contributed by atoms with Crippen molar-refractivity contribution < 1.29 is 24.2 Å². The molecule has 8 nitrogen and oxygen atoms in total. The second kappa shape index (κ2) is 11.8. The smallest absolute Gasteiger partial charge is 0.410 e. The number of aliphatic hydroxyl groups excluding tert-OH is 1. The Morgan fingerprint density at radius 2 is 1.56 bits per heavy atom. The number of pyridine rings is 1. The molecule has 2 unspecified atom stereocenters. The van der Waals surface area contributed by atoms with Crippen LogP contribution in [0.25, 0.3) is 11.3 Å². The molecule has 198 valence electrons. The standard InChI is InChI=1S/C31H29N3O5/c32-30(36)26-15-16-27(33-29(26)22-11-13-24(14-12-22)39-23-9-5-2-6-10-23)25-17-18-34(19-28(25)35)31(37)38-20-21-7-3-1-4-8-21/h1-16,25,28,35H,17-20H2,(H2,32,36).